The van der Waals surface area contributed by atoms with Gasteiger partial charge in [0.1, 0.15) is 6.61 Å². The third-order valence-corrected chi connectivity index (χ3v) is 3.84. The van der Waals surface area contributed by atoms with Crippen LogP contribution in [0, 0.1) is 0 Å². The molecule has 0 amide bonds. The highest BCUT2D eigenvalue weighted by Gasteiger charge is 2.07. The molecule has 0 N–H and O–H groups in total. The van der Waals surface area contributed by atoms with Gasteiger partial charge in [0.2, 0.25) is 0 Å². The number of fused-ring (bicyclic) bond motifs is 1. The van der Waals surface area contributed by atoms with Gasteiger partial charge >= 0.3 is 4.87 Å². The molecule has 0 saturated heterocycles. The first kappa shape index (κ1) is 12.9. The van der Waals surface area contributed by atoms with Crippen LogP contribution in [0.3, 0.4) is 0 Å². The Labute approximate surface area is 121 Å². The van der Waals surface area contributed by atoms with Crippen molar-refractivity contribution >= 4 is 66.7 Å². The van der Waals surface area contributed by atoms with Crippen molar-refractivity contribution in [1.82, 2.24) is 4.57 Å². The Hall–Kier alpha value is -0.500. The fourth-order valence-electron chi connectivity index (χ4n) is 1.47. The molecule has 0 aliphatic heterocycles. The molecule has 90 valence electrons. The normalized spacial score (nSPS) is 10.6. The Bertz CT molecular complexity index is 620. The minimum Gasteiger partial charge on any atom is -0.512 e. The van der Waals surface area contributed by atoms with E-state index in [4.69, 9.17) is 4.74 Å². The SMILES string of the molecule is O=c1sc2cc(Br)ccc2n1CCOC(=S)[S-]. The van der Waals surface area contributed by atoms with Gasteiger partial charge in [-0.25, -0.2) is 0 Å². The highest BCUT2D eigenvalue weighted by Crippen LogP contribution is 2.21. The van der Waals surface area contributed by atoms with E-state index in [0.717, 1.165) is 14.7 Å². The number of ether oxygens (including phenoxy) is 1. The van der Waals surface area contributed by atoms with Crippen LogP contribution in [0.25, 0.3) is 10.2 Å². The summed E-state index contributed by atoms with van der Waals surface area (Å²) < 4.78 is 8.68. The molecule has 0 saturated carbocycles. The van der Waals surface area contributed by atoms with Gasteiger partial charge < -0.3 is 29.6 Å². The number of benzene rings is 1. The van der Waals surface area contributed by atoms with Gasteiger partial charge in [0.05, 0.1) is 16.8 Å². The fourth-order valence-corrected chi connectivity index (χ4v) is 3.11. The van der Waals surface area contributed by atoms with Crippen molar-refractivity contribution in [2.45, 2.75) is 6.54 Å². The van der Waals surface area contributed by atoms with Crippen LogP contribution in [-0.2, 0) is 23.9 Å². The minimum absolute atomic E-state index is 0.00279. The van der Waals surface area contributed by atoms with Crippen LogP contribution >= 0.6 is 39.5 Å². The quantitative estimate of drug-likeness (QED) is 0.630. The van der Waals surface area contributed by atoms with E-state index in [1.807, 2.05) is 18.2 Å². The van der Waals surface area contributed by atoms with Crippen molar-refractivity contribution < 1.29 is 4.74 Å². The van der Waals surface area contributed by atoms with Gasteiger partial charge in [-0.2, -0.15) is 0 Å². The molecule has 0 aliphatic rings. The lowest BCUT2D eigenvalue weighted by Crippen LogP contribution is -2.17. The molecular weight excluding hydrogens is 342 g/mol. The molecule has 0 atom stereocenters. The van der Waals surface area contributed by atoms with Gasteiger partial charge in [-0.15, -0.1) is 0 Å². The predicted molar refractivity (Wildman–Crippen MR) is 79.7 cm³/mol. The van der Waals surface area contributed by atoms with Crippen LogP contribution in [0.2, 0.25) is 0 Å². The van der Waals surface area contributed by atoms with E-state index in [0.29, 0.717) is 13.2 Å². The zero-order valence-corrected chi connectivity index (χ0v) is 12.5. The summed E-state index contributed by atoms with van der Waals surface area (Å²) in [5.74, 6) is 0. The Morgan fingerprint density at radius 1 is 1.59 bits per heavy atom. The third-order valence-electron chi connectivity index (χ3n) is 2.17. The van der Waals surface area contributed by atoms with Crippen LogP contribution in [0.1, 0.15) is 0 Å². The summed E-state index contributed by atoms with van der Waals surface area (Å²) in [6, 6.07) is 5.74. The standard InChI is InChI=1S/C10H8BrNO2S3/c11-6-1-2-7-8(5-6)17-9(13)12(7)3-4-14-10(15)16/h1-2,5H,3-4H2,(H,15,16)/p-1. The van der Waals surface area contributed by atoms with Crippen LogP contribution in [-0.4, -0.2) is 15.6 Å². The van der Waals surface area contributed by atoms with Crippen LogP contribution in [0.15, 0.2) is 27.5 Å². The molecule has 7 heteroatoms. The molecule has 2 rings (SSSR count). The van der Waals surface area contributed by atoms with Gasteiger partial charge in [0.25, 0.3) is 0 Å². The number of aromatic nitrogens is 1. The van der Waals surface area contributed by atoms with E-state index < -0.39 is 0 Å². The lowest BCUT2D eigenvalue weighted by molar-refractivity contribution is 0.303. The summed E-state index contributed by atoms with van der Waals surface area (Å²) in [6.07, 6.45) is 0. The predicted octanol–water partition coefficient (Wildman–Crippen LogP) is 2.67. The Balaban J connectivity index is 2.30. The largest absolute Gasteiger partial charge is 0.512 e. The lowest BCUT2D eigenvalue weighted by atomic mass is 10.3. The summed E-state index contributed by atoms with van der Waals surface area (Å²) in [4.78, 5) is 11.8. The van der Waals surface area contributed by atoms with Crippen LogP contribution in [0.4, 0.5) is 0 Å². The third kappa shape index (κ3) is 3.04. The number of halogens is 1. The molecule has 1 aromatic heterocycles. The second-order valence-electron chi connectivity index (χ2n) is 3.23. The fraction of sp³-hybridized carbons (Fsp3) is 0.200. The van der Waals surface area contributed by atoms with Gasteiger partial charge in [0, 0.05) is 8.86 Å². The average Bonchev–Trinajstić information content (AvgIpc) is 2.54. The smallest absolute Gasteiger partial charge is 0.308 e. The van der Waals surface area contributed by atoms with Crippen molar-refractivity contribution in [3.63, 3.8) is 0 Å². The van der Waals surface area contributed by atoms with E-state index in [9.17, 15) is 4.79 Å². The number of hydrogen-bond donors (Lipinski definition) is 0. The van der Waals surface area contributed by atoms with Crippen molar-refractivity contribution in [3.05, 3.63) is 32.3 Å². The van der Waals surface area contributed by atoms with Crippen LogP contribution in [0.5, 0.6) is 0 Å². The molecule has 1 heterocycles. The van der Waals surface area contributed by atoms with Gasteiger partial charge in [-0.05, 0) is 18.2 Å². The maximum atomic E-state index is 11.8. The minimum atomic E-state index is -0.00279. The number of hydrogen-bond acceptors (Lipinski definition) is 5. The van der Waals surface area contributed by atoms with Gasteiger partial charge in [-0.1, -0.05) is 27.3 Å². The van der Waals surface area contributed by atoms with Crippen molar-refractivity contribution in [2.24, 2.45) is 0 Å². The molecule has 0 unspecified atom stereocenters. The number of thiocarbonyl (C=S) groups is 1. The zero-order valence-electron chi connectivity index (χ0n) is 8.51. The second kappa shape index (κ2) is 5.43. The monoisotopic (exact) mass is 348 g/mol. The van der Waals surface area contributed by atoms with Crippen molar-refractivity contribution in [2.75, 3.05) is 6.61 Å². The summed E-state index contributed by atoms with van der Waals surface area (Å²) >= 11 is 13.9. The molecule has 0 aliphatic carbocycles. The summed E-state index contributed by atoms with van der Waals surface area (Å²) in [6.45, 7) is 0.779. The first-order chi connectivity index (χ1) is 8.08. The number of thiazole rings is 1. The topological polar surface area (TPSA) is 31.2 Å². The molecular formula is C10H7BrNO2S3-. The van der Waals surface area contributed by atoms with Crippen molar-refractivity contribution in [1.29, 1.82) is 0 Å². The zero-order chi connectivity index (χ0) is 12.4. The summed E-state index contributed by atoms with van der Waals surface area (Å²) in [7, 11) is 0. The van der Waals surface area contributed by atoms with E-state index >= 15 is 0 Å². The molecule has 0 bridgehead atoms. The summed E-state index contributed by atoms with van der Waals surface area (Å²) in [5, 5.41) is 0. The molecule has 0 spiro atoms. The Kier molecular flexibility index (Phi) is 4.13. The average molecular weight is 349 g/mol. The Morgan fingerprint density at radius 3 is 3.06 bits per heavy atom. The first-order valence-electron chi connectivity index (χ1n) is 4.70. The maximum Gasteiger partial charge on any atom is 0.308 e. The second-order valence-corrected chi connectivity index (χ2v) is 6.14. The molecule has 17 heavy (non-hydrogen) atoms. The van der Waals surface area contributed by atoms with Crippen LogP contribution < -0.4 is 4.87 Å². The highest BCUT2D eigenvalue weighted by molar-refractivity contribution is 9.10. The molecule has 0 radical (unpaired) electrons. The molecule has 3 nitrogen and oxygen atoms in total. The molecule has 1 aromatic carbocycles. The number of nitrogens with zero attached hydrogens (tertiary/aromatic N) is 1. The van der Waals surface area contributed by atoms with Gasteiger partial charge in [0.15, 0.2) is 0 Å². The first-order valence-corrected chi connectivity index (χ1v) is 7.13. The van der Waals surface area contributed by atoms with E-state index in [1.165, 1.54) is 11.3 Å². The maximum absolute atomic E-state index is 11.8. The molecule has 0 fully saturated rings. The molecule has 2 aromatic rings. The van der Waals surface area contributed by atoms with E-state index in [2.05, 4.69) is 40.8 Å². The van der Waals surface area contributed by atoms with Crippen molar-refractivity contribution in [3.8, 4) is 0 Å². The highest BCUT2D eigenvalue weighted by atomic mass is 79.9. The van der Waals surface area contributed by atoms with E-state index in [1.54, 1.807) is 4.57 Å². The summed E-state index contributed by atoms with van der Waals surface area (Å²) in [5.41, 5.74) is 0.905. The van der Waals surface area contributed by atoms with Gasteiger partial charge in [-0.3, -0.25) is 9.36 Å². The Morgan fingerprint density at radius 2 is 2.35 bits per heavy atom. The van der Waals surface area contributed by atoms with E-state index in [-0.39, 0.29) is 9.26 Å². The lowest BCUT2D eigenvalue weighted by Gasteiger charge is -2.09. The number of rotatable bonds is 3.